The minimum atomic E-state index is 0.438. The number of benzene rings is 2. The Morgan fingerprint density at radius 1 is 1.03 bits per heavy atom. The Kier molecular flexibility index (Phi) is 6.07. The number of rotatable bonds is 3. The van der Waals surface area contributed by atoms with Crippen molar-refractivity contribution in [3.8, 4) is 0 Å². The summed E-state index contributed by atoms with van der Waals surface area (Å²) in [4.78, 5) is 7.56. The van der Waals surface area contributed by atoms with Gasteiger partial charge in [0.25, 0.3) is 0 Å². The maximum absolute atomic E-state index is 6.14. The van der Waals surface area contributed by atoms with Crippen LogP contribution in [0.4, 0.5) is 5.69 Å². The van der Waals surface area contributed by atoms with Gasteiger partial charge in [-0.25, -0.2) is 0 Å². The predicted molar refractivity (Wildman–Crippen MR) is 132 cm³/mol. The van der Waals surface area contributed by atoms with Gasteiger partial charge in [-0.2, -0.15) is 0 Å². The maximum Gasteiger partial charge on any atom is 0.135 e. The molecule has 3 aliphatic heterocycles. The van der Waals surface area contributed by atoms with Gasteiger partial charge in [0, 0.05) is 56.0 Å². The summed E-state index contributed by atoms with van der Waals surface area (Å²) in [5.74, 6) is 1.65. The van der Waals surface area contributed by atoms with Gasteiger partial charge in [0.1, 0.15) is 11.7 Å². The van der Waals surface area contributed by atoms with E-state index in [1.165, 1.54) is 16.8 Å². The van der Waals surface area contributed by atoms with E-state index in [4.69, 9.17) is 17.3 Å². The van der Waals surface area contributed by atoms with Crippen LogP contribution in [0.2, 0.25) is 5.02 Å². The number of hydrogen-bond donors (Lipinski definition) is 1. The molecule has 0 spiro atoms. The highest BCUT2D eigenvalue weighted by Crippen LogP contribution is 2.31. The normalized spacial score (nSPS) is 22.4. The molecule has 0 saturated carbocycles. The lowest BCUT2D eigenvalue weighted by Gasteiger charge is -2.42. The summed E-state index contributed by atoms with van der Waals surface area (Å²) >= 11 is 6.14. The SMILES string of the molecule is CN1CC(Cc2ccc(Cl)cc2)N(C2CCN(C3=NN=C(N)C3)CC2)Cc2ccccc21. The molecule has 2 N–H and O–H groups in total. The van der Waals surface area contributed by atoms with Crippen molar-refractivity contribution in [3.63, 3.8) is 0 Å². The lowest BCUT2D eigenvalue weighted by molar-refractivity contribution is 0.0881. The van der Waals surface area contributed by atoms with Crippen LogP contribution in [0.25, 0.3) is 0 Å². The molecule has 1 atom stereocenters. The molecule has 2 aromatic rings. The average Bonchev–Trinajstić information content (AvgIpc) is 3.19. The molecule has 0 bridgehead atoms. The summed E-state index contributed by atoms with van der Waals surface area (Å²) in [6, 6.07) is 18.2. The minimum Gasteiger partial charge on any atom is -0.385 e. The monoisotopic (exact) mass is 450 g/mol. The van der Waals surface area contributed by atoms with E-state index in [-0.39, 0.29) is 0 Å². The van der Waals surface area contributed by atoms with Crippen LogP contribution >= 0.6 is 11.6 Å². The van der Waals surface area contributed by atoms with E-state index in [2.05, 4.69) is 68.3 Å². The largest absolute Gasteiger partial charge is 0.385 e. The molecule has 0 radical (unpaired) electrons. The van der Waals surface area contributed by atoms with Crippen molar-refractivity contribution < 1.29 is 0 Å². The number of halogens is 1. The second kappa shape index (κ2) is 9.12. The molecule has 1 unspecified atom stereocenters. The van der Waals surface area contributed by atoms with Crippen LogP contribution in [0, 0.1) is 0 Å². The Balaban J connectivity index is 1.36. The van der Waals surface area contributed by atoms with E-state index in [1.807, 2.05) is 12.1 Å². The first kappa shape index (κ1) is 21.3. The number of fused-ring (bicyclic) bond motifs is 1. The molecule has 1 fully saturated rings. The third-order valence-corrected chi connectivity index (χ3v) is 7.28. The Hall–Kier alpha value is -2.57. The third-order valence-electron chi connectivity index (χ3n) is 7.03. The van der Waals surface area contributed by atoms with Gasteiger partial charge in [0.05, 0.1) is 6.42 Å². The first-order valence-corrected chi connectivity index (χ1v) is 11.9. The van der Waals surface area contributed by atoms with Gasteiger partial charge in [-0.3, -0.25) is 4.90 Å². The molecular formula is C25H31ClN6. The van der Waals surface area contributed by atoms with Crippen molar-refractivity contribution in [2.24, 2.45) is 15.9 Å². The van der Waals surface area contributed by atoms with Gasteiger partial charge in [-0.1, -0.05) is 41.9 Å². The zero-order valence-electron chi connectivity index (χ0n) is 18.6. The fourth-order valence-electron chi connectivity index (χ4n) is 5.35. The average molecular weight is 451 g/mol. The van der Waals surface area contributed by atoms with E-state index in [1.54, 1.807) is 0 Å². The predicted octanol–water partition coefficient (Wildman–Crippen LogP) is 3.74. The lowest BCUT2D eigenvalue weighted by Crippen LogP contribution is -2.52. The summed E-state index contributed by atoms with van der Waals surface area (Å²) in [5, 5.41) is 9.11. The highest BCUT2D eigenvalue weighted by Gasteiger charge is 2.34. The maximum atomic E-state index is 6.14. The summed E-state index contributed by atoms with van der Waals surface area (Å²) in [6.07, 6.45) is 3.96. The lowest BCUT2D eigenvalue weighted by atomic mass is 9.97. The highest BCUT2D eigenvalue weighted by atomic mass is 35.5. The van der Waals surface area contributed by atoms with E-state index in [0.717, 1.165) is 56.3 Å². The number of nitrogens with two attached hydrogens (primary N) is 1. The summed E-state index contributed by atoms with van der Waals surface area (Å²) in [7, 11) is 2.22. The zero-order valence-corrected chi connectivity index (χ0v) is 19.4. The molecule has 5 rings (SSSR count). The van der Waals surface area contributed by atoms with Gasteiger partial charge in [-0.05, 0) is 48.6 Å². The third kappa shape index (κ3) is 4.48. The quantitative estimate of drug-likeness (QED) is 0.773. The van der Waals surface area contributed by atoms with E-state index in [9.17, 15) is 0 Å². The number of likely N-dealkylation sites (tertiary alicyclic amines) is 1. The first-order chi connectivity index (χ1) is 15.6. The van der Waals surface area contributed by atoms with Crippen LogP contribution in [0.3, 0.4) is 0 Å². The number of anilines is 1. The topological polar surface area (TPSA) is 60.5 Å². The number of nitrogens with zero attached hydrogens (tertiary/aromatic N) is 5. The molecule has 32 heavy (non-hydrogen) atoms. The van der Waals surface area contributed by atoms with Gasteiger partial charge < -0.3 is 15.5 Å². The molecule has 3 aliphatic rings. The minimum absolute atomic E-state index is 0.438. The second-order valence-electron chi connectivity index (χ2n) is 9.17. The molecule has 0 amide bonds. The molecule has 7 heteroatoms. The molecule has 168 valence electrons. The number of piperidine rings is 1. The fraction of sp³-hybridized carbons (Fsp3) is 0.440. The smallest absolute Gasteiger partial charge is 0.135 e. The van der Waals surface area contributed by atoms with Crippen LogP contribution in [0.5, 0.6) is 0 Å². The van der Waals surface area contributed by atoms with Crippen LogP contribution in [-0.2, 0) is 13.0 Å². The number of likely N-dealkylation sites (N-methyl/N-ethyl adjacent to an activating group) is 1. The van der Waals surface area contributed by atoms with Crippen LogP contribution in [0.15, 0.2) is 58.7 Å². The van der Waals surface area contributed by atoms with Crippen molar-refractivity contribution in [1.82, 2.24) is 9.80 Å². The van der Waals surface area contributed by atoms with Crippen molar-refractivity contribution in [2.75, 3.05) is 31.6 Å². The molecule has 0 aromatic heterocycles. The summed E-state index contributed by atoms with van der Waals surface area (Å²) in [6.45, 7) is 4.01. The van der Waals surface area contributed by atoms with Gasteiger partial charge >= 0.3 is 0 Å². The number of para-hydroxylation sites is 1. The molecule has 0 aliphatic carbocycles. The van der Waals surface area contributed by atoms with Crippen molar-refractivity contribution in [1.29, 1.82) is 0 Å². The summed E-state index contributed by atoms with van der Waals surface area (Å²) in [5.41, 5.74) is 9.94. The van der Waals surface area contributed by atoms with Crippen LogP contribution in [-0.4, -0.2) is 60.2 Å². The van der Waals surface area contributed by atoms with Gasteiger partial charge in [-0.15, -0.1) is 10.2 Å². The highest BCUT2D eigenvalue weighted by molar-refractivity contribution is 6.30. The van der Waals surface area contributed by atoms with E-state index in [0.29, 0.717) is 24.3 Å². The van der Waals surface area contributed by atoms with Crippen LogP contribution in [0.1, 0.15) is 30.4 Å². The summed E-state index contributed by atoms with van der Waals surface area (Å²) < 4.78 is 0. The Morgan fingerprint density at radius 3 is 2.50 bits per heavy atom. The van der Waals surface area contributed by atoms with Crippen molar-refractivity contribution >= 4 is 29.0 Å². The van der Waals surface area contributed by atoms with E-state index < -0.39 is 0 Å². The first-order valence-electron chi connectivity index (χ1n) is 11.5. The Bertz CT molecular complexity index is 1010. The van der Waals surface area contributed by atoms with Crippen LogP contribution < -0.4 is 10.6 Å². The van der Waals surface area contributed by atoms with E-state index >= 15 is 0 Å². The van der Waals surface area contributed by atoms with Gasteiger partial charge in [0.2, 0.25) is 0 Å². The van der Waals surface area contributed by atoms with Crippen molar-refractivity contribution in [3.05, 3.63) is 64.7 Å². The number of amidine groups is 2. The molecular weight excluding hydrogens is 420 g/mol. The van der Waals surface area contributed by atoms with Crippen molar-refractivity contribution in [2.45, 2.75) is 44.3 Å². The van der Waals surface area contributed by atoms with Gasteiger partial charge in [0.15, 0.2) is 0 Å². The number of hydrogen-bond acceptors (Lipinski definition) is 6. The molecule has 6 nitrogen and oxygen atoms in total. The molecule has 2 aromatic carbocycles. The second-order valence-corrected chi connectivity index (χ2v) is 9.60. The molecule has 1 saturated heterocycles. The fourth-order valence-corrected chi connectivity index (χ4v) is 5.47. The standard InChI is InChI=1S/C25H31ClN6/c1-30-17-22(14-18-6-8-20(26)9-7-18)32(16-19-4-2-3-5-23(19)30)21-10-12-31(13-11-21)25-15-24(27)28-29-25/h2-9,21-22H,10-17H2,1H3,(H2,27,28). The Morgan fingerprint density at radius 2 is 1.78 bits per heavy atom. The molecule has 3 heterocycles. The Labute approximate surface area is 195 Å². The zero-order chi connectivity index (χ0) is 22.1.